The van der Waals surface area contributed by atoms with E-state index in [2.05, 4.69) is 10.3 Å². The predicted octanol–water partition coefficient (Wildman–Crippen LogP) is 2.16. The zero-order valence-electron chi connectivity index (χ0n) is 9.93. The quantitative estimate of drug-likeness (QED) is 0.292. The lowest BCUT2D eigenvalue weighted by molar-refractivity contribution is 0.328. The summed E-state index contributed by atoms with van der Waals surface area (Å²) in [6.07, 6.45) is 3.71. The van der Waals surface area contributed by atoms with Gasteiger partial charge in [0, 0.05) is 0 Å². The molecular weight excluding hydrogens is 234 g/mol. The van der Waals surface area contributed by atoms with Gasteiger partial charge < -0.3 is 4.74 Å². The van der Waals surface area contributed by atoms with E-state index in [4.69, 9.17) is 10.00 Å². The van der Waals surface area contributed by atoms with Gasteiger partial charge in [-0.3, -0.25) is 10.3 Å². The summed E-state index contributed by atoms with van der Waals surface area (Å²) < 4.78 is 5.53. The molecule has 0 heterocycles. The molecule has 0 saturated carbocycles. The zero-order chi connectivity index (χ0) is 12.5. The lowest BCUT2D eigenvalue weighted by atomic mass is 10.2. The molecule has 4 nitrogen and oxygen atoms in total. The maximum atomic E-state index is 8.45. The van der Waals surface area contributed by atoms with E-state index in [9.17, 15) is 0 Å². The molecule has 1 aromatic rings. The van der Waals surface area contributed by atoms with Gasteiger partial charge in [0.05, 0.1) is 6.54 Å². The lowest BCUT2D eigenvalue weighted by Gasteiger charge is -2.05. The summed E-state index contributed by atoms with van der Waals surface area (Å²) in [6.45, 7) is 3.05. The second-order valence-electron chi connectivity index (χ2n) is 3.29. The molecule has 0 saturated heterocycles. The Morgan fingerprint density at radius 1 is 1.59 bits per heavy atom. The highest BCUT2D eigenvalue weighted by atomic mass is 32.2. The van der Waals surface area contributed by atoms with Crippen LogP contribution in [0.3, 0.4) is 0 Å². The second-order valence-corrected chi connectivity index (χ2v) is 4.09. The number of aliphatic imine (C=N–C) groups is 1. The van der Waals surface area contributed by atoms with Crippen molar-refractivity contribution < 1.29 is 4.74 Å². The predicted molar refractivity (Wildman–Crippen MR) is 71.2 cm³/mol. The third kappa shape index (κ3) is 5.27. The molecule has 17 heavy (non-hydrogen) atoms. The standard InChI is InChI=1S/C12H15N3OS/c1-10-4-3-5-11(8-10)16-7-6-14-12(17-2)15-9-13/h3-5,8H,6-7H2,1-2H3,(H,14,15). The van der Waals surface area contributed by atoms with Crippen LogP contribution < -0.4 is 10.1 Å². The molecule has 1 N–H and O–H groups in total. The molecule has 5 heteroatoms. The Balaban J connectivity index is 2.35. The first-order chi connectivity index (χ1) is 8.26. The van der Waals surface area contributed by atoms with Gasteiger partial charge in [0.15, 0.2) is 11.4 Å². The molecular formula is C12H15N3OS. The summed E-state index contributed by atoms with van der Waals surface area (Å²) in [5.74, 6) is 0.846. The number of benzene rings is 1. The van der Waals surface area contributed by atoms with Crippen LogP contribution in [0, 0.1) is 18.4 Å². The Bertz CT molecular complexity index is 426. The Morgan fingerprint density at radius 3 is 3.06 bits per heavy atom. The van der Waals surface area contributed by atoms with Crippen molar-refractivity contribution in [1.82, 2.24) is 5.32 Å². The fraction of sp³-hybridized carbons (Fsp3) is 0.333. The molecule has 0 spiro atoms. The van der Waals surface area contributed by atoms with Crippen LogP contribution in [0.4, 0.5) is 0 Å². The highest BCUT2D eigenvalue weighted by Crippen LogP contribution is 2.11. The molecule has 0 radical (unpaired) electrons. The minimum absolute atomic E-state index is 0.501. The molecule has 0 aliphatic carbocycles. The van der Waals surface area contributed by atoms with Gasteiger partial charge in [-0.25, -0.2) is 0 Å². The number of nitrogens with zero attached hydrogens (tertiary/aromatic N) is 2. The molecule has 0 aromatic heterocycles. The van der Waals surface area contributed by atoms with Gasteiger partial charge in [0.2, 0.25) is 0 Å². The Labute approximate surface area is 106 Å². The van der Waals surface area contributed by atoms with E-state index >= 15 is 0 Å². The minimum atomic E-state index is 0.501. The van der Waals surface area contributed by atoms with E-state index in [1.54, 1.807) is 0 Å². The van der Waals surface area contributed by atoms with Crippen molar-refractivity contribution in [2.75, 3.05) is 19.4 Å². The fourth-order valence-corrected chi connectivity index (χ4v) is 1.59. The summed E-state index contributed by atoms with van der Waals surface area (Å²) in [5.41, 5.74) is 1.17. The third-order valence-electron chi connectivity index (χ3n) is 1.96. The molecule has 0 aliphatic rings. The number of nitriles is 1. The zero-order valence-corrected chi connectivity index (χ0v) is 10.8. The number of nitrogens with one attached hydrogen (secondary N) is 1. The van der Waals surface area contributed by atoms with Crippen molar-refractivity contribution in [3.8, 4) is 11.9 Å². The average Bonchev–Trinajstić information content (AvgIpc) is 2.33. The molecule has 0 atom stereocenters. The van der Waals surface area contributed by atoms with Crippen molar-refractivity contribution in [3.05, 3.63) is 29.8 Å². The first-order valence-electron chi connectivity index (χ1n) is 5.19. The smallest absolute Gasteiger partial charge is 0.183 e. The molecule has 90 valence electrons. The molecule has 0 unspecified atom stereocenters. The molecule has 1 aromatic carbocycles. The molecule has 0 bridgehead atoms. The second kappa shape index (κ2) is 7.58. The number of amidine groups is 1. The maximum Gasteiger partial charge on any atom is 0.183 e. The van der Waals surface area contributed by atoms with E-state index in [0.29, 0.717) is 18.3 Å². The van der Waals surface area contributed by atoms with Crippen molar-refractivity contribution in [3.63, 3.8) is 0 Å². The average molecular weight is 249 g/mol. The topological polar surface area (TPSA) is 57.4 Å². The van der Waals surface area contributed by atoms with Gasteiger partial charge in [0.25, 0.3) is 0 Å². The monoisotopic (exact) mass is 249 g/mol. The third-order valence-corrected chi connectivity index (χ3v) is 2.58. The summed E-state index contributed by atoms with van der Waals surface area (Å²) >= 11 is 1.40. The fourth-order valence-electron chi connectivity index (χ4n) is 1.22. The van der Waals surface area contributed by atoms with Crippen molar-refractivity contribution in [2.45, 2.75) is 6.92 Å². The molecule has 1 rings (SSSR count). The van der Waals surface area contributed by atoms with Crippen LogP contribution in [0.1, 0.15) is 5.56 Å². The number of aryl methyl sites for hydroxylation is 1. The van der Waals surface area contributed by atoms with Gasteiger partial charge in [-0.15, -0.1) is 0 Å². The summed E-state index contributed by atoms with van der Waals surface area (Å²) in [5, 5.41) is 11.6. The van der Waals surface area contributed by atoms with Gasteiger partial charge in [-0.2, -0.15) is 5.26 Å². The summed E-state index contributed by atoms with van der Waals surface area (Å²) in [4.78, 5) is 4.19. The Morgan fingerprint density at radius 2 is 2.41 bits per heavy atom. The lowest BCUT2D eigenvalue weighted by Crippen LogP contribution is -2.15. The minimum Gasteiger partial charge on any atom is -0.492 e. The first-order valence-corrected chi connectivity index (χ1v) is 6.41. The van der Waals surface area contributed by atoms with Crippen LogP contribution in [0.25, 0.3) is 0 Å². The van der Waals surface area contributed by atoms with E-state index in [1.165, 1.54) is 17.3 Å². The van der Waals surface area contributed by atoms with Crippen molar-refractivity contribution >= 4 is 16.9 Å². The van der Waals surface area contributed by atoms with Gasteiger partial charge >= 0.3 is 0 Å². The van der Waals surface area contributed by atoms with Crippen molar-refractivity contribution in [2.24, 2.45) is 4.99 Å². The number of ether oxygens (including phenoxy) is 1. The summed E-state index contributed by atoms with van der Waals surface area (Å²) in [6, 6.07) is 7.87. The Kier molecular flexibility index (Phi) is 5.97. The van der Waals surface area contributed by atoms with Crippen LogP contribution in [0.2, 0.25) is 0 Å². The van der Waals surface area contributed by atoms with Crippen molar-refractivity contribution in [1.29, 1.82) is 5.26 Å². The van der Waals surface area contributed by atoms with Crippen LogP contribution in [0.15, 0.2) is 29.3 Å². The van der Waals surface area contributed by atoms with Crippen LogP contribution >= 0.6 is 11.8 Å². The van der Waals surface area contributed by atoms with E-state index in [0.717, 1.165) is 5.75 Å². The van der Waals surface area contributed by atoms with Gasteiger partial charge in [-0.05, 0) is 30.9 Å². The Hall–Kier alpha value is -1.67. The van der Waals surface area contributed by atoms with Gasteiger partial charge in [-0.1, -0.05) is 23.9 Å². The van der Waals surface area contributed by atoms with Crippen LogP contribution in [0.5, 0.6) is 5.75 Å². The summed E-state index contributed by atoms with van der Waals surface area (Å²) in [7, 11) is 0. The highest BCUT2D eigenvalue weighted by molar-refractivity contribution is 8.13. The van der Waals surface area contributed by atoms with Crippen LogP contribution in [-0.4, -0.2) is 24.6 Å². The molecule has 0 aliphatic heterocycles. The highest BCUT2D eigenvalue weighted by Gasteiger charge is 1.95. The number of hydrogen-bond acceptors (Lipinski definition) is 4. The maximum absolute atomic E-state index is 8.45. The normalized spacial score (nSPS) is 10.8. The first kappa shape index (κ1) is 13.4. The SMILES string of the molecule is CSC(=NCCOc1cccc(C)c1)NC#N. The van der Waals surface area contributed by atoms with E-state index < -0.39 is 0 Å². The number of rotatable bonds is 4. The van der Waals surface area contributed by atoms with Gasteiger partial charge in [0.1, 0.15) is 12.4 Å². The van der Waals surface area contributed by atoms with Crippen LogP contribution in [-0.2, 0) is 0 Å². The van der Waals surface area contributed by atoms with E-state index in [-0.39, 0.29) is 0 Å². The largest absolute Gasteiger partial charge is 0.492 e. The number of thioether (sulfide) groups is 1. The number of hydrogen-bond donors (Lipinski definition) is 1. The molecule has 0 fully saturated rings. The van der Waals surface area contributed by atoms with E-state index in [1.807, 2.05) is 43.6 Å². The molecule has 0 amide bonds.